The molecule has 0 bridgehead atoms. The second-order valence-electron chi connectivity index (χ2n) is 6.20. The maximum Gasteiger partial charge on any atom is 0.328 e. The van der Waals surface area contributed by atoms with Gasteiger partial charge >= 0.3 is 6.03 Å². The minimum atomic E-state index is -0.591. The smallest absolute Gasteiger partial charge is 0.328 e. The van der Waals surface area contributed by atoms with Gasteiger partial charge in [-0.2, -0.15) is 5.10 Å². The summed E-state index contributed by atoms with van der Waals surface area (Å²) in [4.78, 5) is 33.8. The Bertz CT molecular complexity index is 804. The molecule has 2 unspecified atom stereocenters. The molecule has 1 fully saturated rings. The van der Waals surface area contributed by atoms with Gasteiger partial charge in [0.25, 0.3) is 5.91 Å². The number of methoxy groups -OCH3 is 1. The van der Waals surface area contributed by atoms with Crippen molar-refractivity contribution in [3.8, 4) is 5.75 Å². The van der Waals surface area contributed by atoms with Crippen molar-refractivity contribution in [3.63, 3.8) is 0 Å². The lowest BCUT2D eigenvalue weighted by molar-refractivity contribution is -0.136. The molecule has 1 aromatic rings. The zero-order chi connectivity index (χ0) is 19.6. The number of hydrazone groups is 1. The fraction of sp³-hybridized carbons (Fsp3) is 0.333. The number of fused-ring (bicyclic) bond motifs is 1. The molecular weight excluding hydrogens is 348 g/mol. The van der Waals surface area contributed by atoms with Crippen molar-refractivity contribution in [2.24, 2.45) is 10.1 Å². The van der Waals surface area contributed by atoms with Crippen LogP contribution in [-0.2, 0) is 4.79 Å². The minimum absolute atomic E-state index is 0.164. The molecule has 1 aromatic carbocycles. The Labute approximate surface area is 157 Å². The number of urea groups is 1. The van der Waals surface area contributed by atoms with Crippen LogP contribution in [0.25, 0.3) is 0 Å². The molecule has 0 aliphatic carbocycles. The summed E-state index contributed by atoms with van der Waals surface area (Å²) in [6.07, 6.45) is 2.58. The molecule has 0 aromatic heterocycles. The number of nitrogens with one attached hydrogen (secondary N) is 1. The van der Waals surface area contributed by atoms with Gasteiger partial charge in [0.15, 0.2) is 12.2 Å². The summed E-state index contributed by atoms with van der Waals surface area (Å²) >= 11 is 0. The van der Waals surface area contributed by atoms with E-state index in [1.807, 2.05) is 24.3 Å². The van der Waals surface area contributed by atoms with Gasteiger partial charge < -0.3 is 14.5 Å². The van der Waals surface area contributed by atoms with Crippen LogP contribution in [0.2, 0.25) is 0 Å². The summed E-state index contributed by atoms with van der Waals surface area (Å²) in [5.41, 5.74) is 3.73. The highest BCUT2D eigenvalue weighted by Gasteiger charge is 2.50. The summed E-state index contributed by atoms with van der Waals surface area (Å²) in [5.74, 6) is 0.882. The van der Waals surface area contributed by atoms with Crippen LogP contribution >= 0.6 is 0 Å². The van der Waals surface area contributed by atoms with Crippen molar-refractivity contribution in [1.82, 2.24) is 20.1 Å². The second-order valence-corrected chi connectivity index (χ2v) is 6.20. The summed E-state index contributed by atoms with van der Waals surface area (Å²) in [5, 5.41) is 4.18. The average Bonchev–Trinajstić information content (AvgIpc) is 3.01. The molecule has 2 aliphatic rings. The molecule has 0 saturated carbocycles. The third kappa shape index (κ3) is 3.35. The quantitative estimate of drug-likeness (QED) is 0.468. The van der Waals surface area contributed by atoms with E-state index < -0.39 is 12.2 Å². The predicted molar refractivity (Wildman–Crippen MR) is 102 cm³/mol. The zero-order valence-electron chi connectivity index (χ0n) is 15.5. The molecule has 2 heterocycles. The van der Waals surface area contributed by atoms with Gasteiger partial charge in [0, 0.05) is 20.6 Å². The van der Waals surface area contributed by atoms with E-state index in [0.717, 1.165) is 11.3 Å². The molecule has 2 aliphatic heterocycles. The molecular formula is C18H22N6O3. The third-order valence-electron chi connectivity index (χ3n) is 4.54. The molecule has 0 radical (unpaired) electrons. The summed E-state index contributed by atoms with van der Waals surface area (Å²) in [6.45, 7) is 3.77. The van der Waals surface area contributed by atoms with Crippen molar-refractivity contribution >= 4 is 24.1 Å². The number of aliphatic imine (C=N–C) groups is 1. The van der Waals surface area contributed by atoms with Gasteiger partial charge in [-0.05, 0) is 29.8 Å². The summed E-state index contributed by atoms with van der Waals surface area (Å²) in [6, 6.07) is 6.43. The third-order valence-corrected chi connectivity index (χ3v) is 4.54. The molecule has 9 nitrogen and oxygen atoms in total. The monoisotopic (exact) mass is 370 g/mol. The topological polar surface area (TPSA) is 89.8 Å². The molecule has 3 amide bonds. The fourth-order valence-electron chi connectivity index (χ4n) is 3.03. The number of guanidine groups is 1. The van der Waals surface area contributed by atoms with Gasteiger partial charge in [-0.3, -0.25) is 9.69 Å². The first-order chi connectivity index (χ1) is 13.0. The highest BCUT2D eigenvalue weighted by Crippen LogP contribution is 2.26. The summed E-state index contributed by atoms with van der Waals surface area (Å²) < 4.78 is 5.12. The Kier molecular flexibility index (Phi) is 5.11. The number of likely N-dealkylation sites (N-methyl/N-ethyl adjacent to an activating group) is 2. The number of imide groups is 1. The van der Waals surface area contributed by atoms with E-state index >= 15 is 0 Å². The van der Waals surface area contributed by atoms with Crippen LogP contribution in [0.15, 0.2) is 47.0 Å². The Morgan fingerprint density at radius 2 is 1.96 bits per heavy atom. The number of ether oxygens (including phenoxy) is 1. The first-order valence-electron chi connectivity index (χ1n) is 8.40. The second kappa shape index (κ2) is 7.48. The molecule has 3 rings (SSSR count). The van der Waals surface area contributed by atoms with E-state index in [1.165, 1.54) is 15.9 Å². The van der Waals surface area contributed by atoms with Crippen LogP contribution < -0.4 is 10.2 Å². The number of nitrogens with zero attached hydrogens (tertiary/aromatic N) is 5. The first-order valence-corrected chi connectivity index (χ1v) is 8.40. The van der Waals surface area contributed by atoms with Crippen LogP contribution in [0.5, 0.6) is 5.75 Å². The maximum absolute atomic E-state index is 12.7. The number of benzene rings is 1. The van der Waals surface area contributed by atoms with Gasteiger partial charge in [0.2, 0.25) is 5.96 Å². The first kappa shape index (κ1) is 18.4. The Balaban J connectivity index is 1.72. The molecule has 0 spiro atoms. The van der Waals surface area contributed by atoms with Gasteiger partial charge in [-0.25, -0.2) is 15.2 Å². The van der Waals surface area contributed by atoms with Crippen molar-refractivity contribution in [3.05, 3.63) is 42.5 Å². The normalized spacial score (nSPS) is 22.2. The number of carbonyl (C=O) groups excluding carboxylic acids is 2. The lowest BCUT2D eigenvalue weighted by atomic mass is 10.1. The largest absolute Gasteiger partial charge is 0.497 e. The fourth-order valence-corrected chi connectivity index (χ4v) is 3.03. The molecule has 1 N–H and O–H groups in total. The molecule has 2 atom stereocenters. The molecule has 142 valence electrons. The molecule has 27 heavy (non-hydrogen) atoms. The van der Waals surface area contributed by atoms with Crippen molar-refractivity contribution < 1.29 is 14.3 Å². The van der Waals surface area contributed by atoms with Gasteiger partial charge in [-0.1, -0.05) is 6.08 Å². The zero-order valence-corrected chi connectivity index (χ0v) is 15.5. The standard InChI is InChI=1S/C18H22N6O3/c1-5-10-24-16(25)14-15(23(3)18(24)26)20-17(22(14)2)21-19-11-12-6-8-13(27-4)9-7-12/h5-9,11,14-15H,1,10H2,2-4H3,(H,20,21)/b19-11+. The highest BCUT2D eigenvalue weighted by atomic mass is 16.5. The van der Waals surface area contributed by atoms with E-state index in [1.54, 1.807) is 32.3 Å². The van der Waals surface area contributed by atoms with Gasteiger partial charge in [-0.15, -0.1) is 6.58 Å². The number of hydrogen-bond acceptors (Lipinski definition) is 7. The van der Waals surface area contributed by atoms with Gasteiger partial charge in [0.05, 0.1) is 13.3 Å². The van der Waals surface area contributed by atoms with Crippen LogP contribution in [0.4, 0.5) is 4.79 Å². The summed E-state index contributed by atoms with van der Waals surface area (Å²) in [7, 11) is 4.98. The molecule has 1 saturated heterocycles. The highest BCUT2D eigenvalue weighted by molar-refractivity contribution is 6.03. The Morgan fingerprint density at radius 1 is 1.26 bits per heavy atom. The van der Waals surface area contributed by atoms with Crippen molar-refractivity contribution in [2.45, 2.75) is 12.2 Å². The van der Waals surface area contributed by atoms with E-state index in [9.17, 15) is 9.59 Å². The van der Waals surface area contributed by atoms with Crippen molar-refractivity contribution in [1.29, 1.82) is 0 Å². The number of amides is 3. The Hall–Kier alpha value is -3.36. The Morgan fingerprint density at radius 3 is 2.59 bits per heavy atom. The lowest BCUT2D eigenvalue weighted by Crippen LogP contribution is -2.64. The predicted octanol–water partition coefficient (Wildman–Crippen LogP) is 0.695. The SMILES string of the molecule is C=CCN1C(=O)C2C(N=C(N/N=C/c3ccc(OC)cc3)N2C)N(C)C1=O. The maximum atomic E-state index is 12.7. The van der Waals surface area contributed by atoms with E-state index in [2.05, 4.69) is 22.1 Å². The van der Waals surface area contributed by atoms with Crippen LogP contribution in [0, 0.1) is 0 Å². The van der Waals surface area contributed by atoms with Crippen molar-refractivity contribution in [2.75, 3.05) is 27.7 Å². The van der Waals surface area contributed by atoms with E-state index in [-0.39, 0.29) is 18.5 Å². The minimum Gasteiger partial charge on any atom is -0.497 e. The number of hydrogen-bond donors (Lipinski definition) is 1. The van der Waals surface area contributed by atoms with Crippen LogP contribution in [0.1, 0.15) is 5.56 Å². The lowest BCUT2D eigenvalue weighted by Gasteiger charge is -2.39. The van der Waals surface area contributed by atoms with E-state index in [0.29, 0.717) is 5.96 Å². The molecule has 9 heteroatoms. The van der Waals surface area contributed by atoms with Crippen LogP contribution in [-0.4, -0.2) is 78.8 Å². The average molecular weight is 370 g/mol. The van der Waals surface area contributed by atoms with Crippen LogP contribution in [0.3, 0.4) is 0 Å². The number of carbonyl (C=O) groups is 2. The number of rotatable bonds is 5. The van der Waals surface area contributed by atoms with E-state index in [4.69, 9.17) is 4.74 Å². The van der Waals surface area contributed by atoms with Gasteiger partial charge in [0.1, 0.15) is 5.75 Å².